The van der Waals surface area contributed by atoms with Gasteiger partial charge in [0.15, 0.2) is 5.82 Å². The lowest BCUT2D eigenvalue weighted by molar-refractivity contribution is -0.141. The molecule has 260 valence electrons. The minimum absolute atomic E-state index is 0.251. The molecule has 11 nitrogen and oxygen atoms in total. The zero-order valence-corrected chi connectivity index (χ0v) is 29.6. The number of carboxylic acids is 1. The predicted molar refractivity (Wildman–Crippen MR) is 192 cm³/mol. The van der Waals surface area contributed by atoms with E-state index in [1.165, 1.54) is 0 Å². The number of nitrogens with zero attached hydrogens (tertiary/aromatic N) is 5. The number of likely N-dealkylation sites (tertiary alicyclic amines) is 1. The van der Waals surface area contributed by atoms with Crippen LogP contribution in [0.5, 0.6) is 5.75 Å². The van der Waals surface area contributed by atoms with Crippen molar-refractivity contribution in [1.29, 1.82) is 0 Å². The molecule has 0 bridgehead atoms. The molecule has 2 N–H and O–H groups in total. The molecule has 50 heavy (non-hydrogen) atoms. The molecule has 0 spiro atoms. The molecule has 1 atom stereocenters. The Bertz CT molecular complexity index is 2030. The van der Waals surface area contributed by atoms with Crippen LogP contribution in [-0.4, -0.2) is 82.6 Å². The van der Waals surface area contributed by atoms with Crippen LogP contribution in [0.2, 0.25) is 10.0 Å². The van der Waals surface area contributed by atoms with Gasteiger partial charge in [-0.15, -0.1) is 0 Å². The first-order valence-corrected chi connectivity index (χ1v) is 17.4. The number of carboxylic acid groups (broad SMARTS) is 1. The maximum absolute atomic E-state index is 14.0. The highest BCUT2D eigenvalue weighted by Gasteiger charge is 2.32. The van der Waals surface area contributed by atoms with Crippen LogP contribution in [-0.2, 0) is 37.8 Å². The number of aromatic nitrogens is 2. The molecule has 1 aromatic heterocycles. The van der Waals surface area contributed by atoms with Crippen LogP contribution in [0.4, 0.5) is 11.4 Å². The van der Waals surface area contributed by atoms with Crippen molar-refractivity contribution < 1.29 is 24.2 Å². The largest absolute Gasteiger partial charge is 0.496 e. The molecule has 4 aromatic rings. The maximum atomic E-state index is 14.0. The number of aliphatic carboxylic acids is 1. The maximum Gasteiger partial charge on any atom is 0.307 e. The molecule has 0 radical (unpaired) electrons. The molecule has 1 unspecified atom stereocenters. The number of amides is 2. The Hall–Kier alpha value is -4.42. The number of ether oxygens (including phenoxy) is 1. The van der Waals surface area contributed by atoms with Crippen LogP contribution in [0, 0.1) is 5.92 Å². The average Bonchev–Trinajstić information content (AvgIpc) is 3.83. The van der Waals surface area contributed by atoms with E-state index in [9.17, 15) is 19.5 Å². The summed E-state index contributed by atoms with van der Waals surface area (Å²) >= 11 is 13.7. The quantitative estimate of drug-likeness (QED) is 0.237. The number of nitrogens with one attached hydrogen (secondary N) is 1. The number of likely N-dealkylation sites (N-methyl/N-ethyl adjacent to an activating group) is 1. The van der Waals surface area contributed by atoms with Gasteiger partial charge in [-0.25, -0.2) is 4.98 Å². The van der Waals surface area contributed by atoms with Gasteiger partial charge in [-0.3, -0.25) is 19.3 Å². The number of halogens is 2. The summed E-state index contributed by atoms with van der Waals surface area (Å²) in [7, 11) is 5.46. The first kappa shape index (κ1) is 34.0. The van der Waals surface area contributed by atoms with Gasteiger partial charge in [0.25, 0.3) is 11.8 Å². The highest BCUT2D eigenvalue weighted by Crippen LogP contribution is 2.42. The minimum atomic E-state index is -0.791. The molecule has 0 saturated carbocycles. The fourth-order valence-electron chi connectivity index (χ4n) is 7.41. The van der Waals surface area contributed by atoms with Gasteiger partial charge < -0.3 is 29.5 Å². The monoisotopic (exact) mass is 716 g/mol. The summed E-state index contributed by atoms with van der Waals surface area (Å²) in [5.41, 5.74) is 6.92. The molecule has 3 aromatic carbocycles. The predicted octanol–water partition coefficient (Wildman–Crippen LogP) is 5.75. The molecular weight excluding hydrogens is 679 g/mol. The lowest BCUT2D eigenvalue weighted by Crippen LogP contribution is -2.29. The summed E-state index contributed by atoms with van der Waals surface area (Å²) in [5.74, 6) is -0.907. The van der Waals surface area contributed by atoms with E-state index in [4.69, 9.17) is 27.9 Å². The number of hydrogen-bond donors (Lipinski definition) is 2. The van der Waals surface area contributed by atoms with E-state index in [1.54, 1.807) is 30.2 Å². The fourth-order valence-corrected chi connectivity index (χ4v) is 7.95. The zero-order chi connectivity index (χ0) is 35.3. The Morgan fingerprint density at radius 1 is 1.02 bits per heavy atom. The number of fused-ring (bicyclic) bond motifs is 2. The van der Waals surface area contributed by atoms with E-state index in [2.05, 4.69) is 20.1 Å². The van der Waals surface area contributed by atoms with E-state index >= 15 is 0 Å². The first-order chi connectivity index (χ1) is 24.0. The molecule has 1 saturated heterocycles. The number of carbonyl (C=O) groups excluding carboxylic acids is 2. The SMILES string of the molecule is COc1cc(C(=O)N2CCc3c(-c4cccc(NC(=O)c5nc6c(n5C)CCN(C)C6)c4Cl)cccc32)c(Cl)cc1CN1CCC(C(=O)O)C1. The standard InChI is InChI=1S/C37H38Cl2N6O5/c1-42-13-12-31-29(20-42)40-34(43(31)2)35(46)41-28-8-4-7-25(33(28)39)23-6-5-9-30-24(23)11-15-45(30)36(47)26-17-32(50-3)22(16-27(26)38)19-44-14-10-21(18-44)37(48)49/h4-9,16-17,21H,10-15,18-20H2,1-3H3,(H,41,46)(H,48,49). The summed E-state index contributed by atoms with van der Waals surface area (Å²) in [6, 6.07) is 14.7. The second-order valence-electron chi connectivity index (χ2n) is 13.2. The fraction of sp³-hybridized carbons (Fsp3) is 0.351. The smallest absolute Gasteiger partial charge is 0.307 e. The van der Waals surface area contributed by atoms with Crippen molar-refractivity contribution in [2.75, 3.05) is 50.6 Å². The molecule has 2 amide bonds. The van der Waals surface area contributed by atoms with Gasteiger partial charge in [0.1, 0.15) is 5.75 Å². The Kier molecular flexibility index (Phi) is 9.34. The van der Waals surface area contributed by atoms with Crippen LogP contribution in [0.15, 0.2) is 48.5 Å². The summed E-state index contributed by atoms with van der Waals surface area (Å²) < 4.78 is 7.54. The number of rotatable bonds is 8. The van der Waals surface area contributed by atoms with Crippen molar-refractivity contribution in [3.8, 4) is 16.9 Å². The van der Waals surface area contributed by atoms with Crippen molar-refractivity contribution >= 4 is 52.4 Å². The highest BCUT2D eigenvalue weighted by atomic mass is 35.5. The molecule has 4 heterocycles. The van der Waals surface area contributed by atoms with Gasteiger partial charge in [0.05, 0.1) is 40.0 Å². The van der Waals surface area contributed by atoms with E-state index in [0.29, 0.717) is 78.4 Å². The van der Waals surface area contributed by atoms with Crippen molar-refractivity contribution in [1.82, 2.24) is 19.4 Å². The van der Waals surface area contributed by atoms with E-state index in [1.807, 2.05) is 49.0 Å². The summed E-state index contributed by atoms with van der Waals surface area (Å²) in [4.78, 5) is 49.5. The van der Waals surface area contributed by atoms with Crippen LogP contribution >= 0.6 is 23.2 Å². The molecule has 1 fully saturated rings. The number of benzene rings is 3. The summed E-state index contributed by atoms with van der Waals surface area (Å²) in [5, 5.41) is 13.1. The van der Waals surface area contributed by atoms with Crippen LogP contribution in [0.3, 0.4) is 0 Å². The van der Waals surface area contributed by atoms with E-state index in [0.717, 1.165) is 52.3 Å². The summed E-state index contributed by atoms with van der Waals surface area (Å²) in [6.45, 7) is 3.64. The Labute approximate surface area is 300 Å². The van der Waals surface area contributed by atoms with Gasteiger partial charge in [-0.2, -0.15) is 0 Å². The second-order valence-corrected chi connectivity index (χ2v) is 14.0. The van der Waals surface area contributed by atoms with Crippen LogP contribution in [0.25, 0.3) is 11.1 Å². The lowest BCUT2D eigenvalue weighted by atomic mass is 9.97. The first-order valence-electron chi connectivity index (χ1n) is 16.6. The van der Waals surface area contributed by atoms with Gasteiger partial charge in [-0.1, -0.05) is 47.5 Å². The van der Waals surface area contributed by atoms with E-state index < -0.39 is 11.9 Å². The van der Waals surface area contributed by atoms with Gasteiger partial charge >= 0.3 is 5.97 Å². The third kappa shape index (κ3) is 6.23. The minimum Gasteiger partial charge on any atom is -0.496 e. The molecule has 3 aliphatic heterocycles. The number of carbonyl (C=O) groups is 3. The number of methoxy groups -OCH3 is 1. The van der Waals surface area contributed by atoms with Crippen molar-refractivity contribution in [3.05, 3.63) is 92.5 Å². The average molecular weight is 718 g/mol. The number of imidazole rings is 1. The molecule has 13 heteroatoms. The van der Waals surface area contributed by atoms with Crippen LogP contribution < -0.4 is 15.0 Å². The van der Waals surface area contributed by atoms with Crippen LogP contribution in [0.1, 0.15) is 49.9 Å². The Morgan fingerprint density at radius 2 is 1.80 bits per heavy atom. The van der Waals surface area contributed by atoms with Gasteiger partial charge in [0, 0.05) is 68.7 Å². The summed E-state index contributed by atoms with van der Waals surface area (Å²) in [6.07, 6.45) is 2.02. The molecule has 0 aliphatic carbocycles. The second kappa shape index (κ2) is 13.7. The Balaban J connectivity index is 1.12. The molecular formula is C37H38Cl2N6O5. The Morgan fingerprint density at radius 3 is 2.56 bits per heavy atom. The number of hydrogen-bond acceptors (Lipinski definition) is 7. The van der Waals surface area contributed by atoms with Crippen molar-refractivity contribution in [2.24, 2.45) is 13.0 Å². The third-order valence-electron chi connectivity index (χ3n) is 10.1. The normalized spacial score (nSPS) is 17.5. The zero-order valence-electron chi connectivity index (χ0n) is 28.1. The van der Waals surface area contributed by atoms with Gasteiger partial charge in [-0.05, 0) is 61.8 Å². The van der Waals surface area contributed by atoms with E-state index in [-0.39, 0.29) is 11.8 Å². The van der Waals surface area contributed by atoms with Crippen molar-refractivity contribution in [2.45, 2.75) is 32.4 Å². The molecule has 7 rings (SSSR count). The number of anilines is 2. The molecule has 3 aliphatic rings. The topological polar surface area (TPSA) is 120 Å². The van der Waals surface area contributed by atoms with Crippen molar-refractivity contribution in [3.63, 3.8) is 0 Å². The highest BCUT2D eigenvalue weighted by molar-refractivity contribution is 6.37. The lowest BCUT2D eigenvalue weighted by Gasteiger charge is -2.22. The van der Waals surface area contributed by atoms with Gasteiger partial charge in [0.2, 0.25) is 0 Å². The third-order valence-corrected chi connectivity index (χ3v) is 10.8.